The third kappa shape index (κ3) is 3.45. The fraction of sp³-hybridized carbons (Fsp3) is 0.350. The summed E-state index contributed by atoms with van der Waals surface area (Å²) in [7, 11) is 0. The van der Waals surface area contributed by atoms with Crippen LogP contribution in [0.2, 0.25) is 0 Å². The van der Waals surface area contributed by atoms with E-state index in [0.29, 0.717) is 13.0 Å². The van der Waals surface area contributed by atoms with Crippen LogP contribution in [0, 0.1) is 0 Å². The number of carbonyl (C=O) groups is 1. The Hall–Kier alpha value is -2.13. The third-order valence-electron chi connectivity index (χ3n) is 4.57. The van der Waals surface area contributed by atoms with Crippen LogP contribution in [0.25, 0.3) is 0 Å². The number of rotatable bonds is 5. The van der Waals surface area contributed by atoms with Gasteiger partial charge in [-0.2, -0.15) is 0 Å². The van der Waals surface area contributed by atoms with Crippen molar-refractivity contribution in [3.8, 4) is 0 Å². The van der Waals surface area contributed by atoms with E-state index in [1.807, 2.05) is 23.1 Å². The highest BCUT2D eigenvalue weighted by Gasteiger charge is 2.23. The first kappa shape index (κ1) is 15.8. The second kappa shape index (κ2) is 6.97. The molecule has 3 heteroatoms. The standard InChI is InChI=1S/C20H24N2O/c1-2-3-9-19(23)22-13-17-11-10-16(12-18(17)14-22)20(21)15-7-5-4-6-8-15/h4-8,10-12,20H,2-3,9,13-14,21H2,1H3. The van der Waals surface area contributed by atoms with Crippen LogP contribution < -0.4 is 5.73 Å². The Balaban J connectivity index is 1.74. The topological polar surface area (TPSA) is 46.3 Å². The Kier molecular flexibility index (Phi) is 4.77. The van der Waals surface area contributed by atoms with E-state index in [1.165, 1.54) is 11.1 Å². The average Bonchev–Trinajstić information content (AvgIpc) is 3.03. The van der Waals surface area contributed by atoms with Crippen molar-refractivity contribution in [3.63, 3.8) is 0 Å². The molecule has 2 aromatic carbocycles. The van der Waals surface area contributed by atoms with Gasteiger partial charge in [0, 0.05) is 19.5 Å². The number of unbranched alkanes of at least 4 members (excludes halogenated alkanes) is 1. The van der Waals surface area contributed by atoms with Crippen LogP contribution in [0.4, 0.5) is 0 Å². The van der Waals surface area contributed by atoms with E-state index in [2.05, 4.69) is 37.3 Å². The van der Waals surface area contributed by atoms with Gasteiger partial charge in [-0.15, -0.1) is 0 Å². The molecule has 3 nitrogen and oxygen atoms in total. The molecule has 0 aromatic heterocycles. The molecule has 0 saturated heterocycles. The van der Waals surface area contributed by atoms with Crippen molar-refractivity contribution in [2.45, 2.75) is 45.3 Å². The van der Waals surface area contributed by atoms with Gasteiger partial charge in [0.05, 0.1) is 6.04 Å². The lowest BCUT2D eigenvalue weighted by atomic mass is 9.96. The summed E-state index contributed by atoms with van der Waals surface area (Å²) in [6.45, 7) is 3.56. The van der Waals surface area contributed by atoms with Crippen molar-refractivity contribution >= 4 is 5.91 Å². The predicted molar refractivity (Wildman–Crippen MR) is 92.7 cm³/mol. The molecule has 0 aliphatic carbocycles. The summed E-state index contributed by atoms with van der Waals surface area (Å²) in [6.07, 6.45) is 2.68. The van der Waals surface area contributed by atoms with Gasteiger partial charge >= 0.3 is 0 Å². The zero-order chi connectivity index (χ0) is 16.2. The molecule has 0 radical (unpaired) electrons. The van der Waals surface area contributed by atoms with E-state index in [0.717, 1.165) is 30.5 Å². The van der Waals surface area contributed by atoms with Gasteiger partial charge in [0.15, 0.2) is 0 Å². The lowest BCUT2D eigenvalue weighted by molar-refractivity contribution is -0.131. The van der Waals surface area contributed by atoms with Gasteiger partial charge in [-0.3, -0.25) is 4.79 Å². The Morgan fingerprint density at radius 2 is 1.83 bits per heavy atom. The van der Waals surface area contributed by atoms with Gasteiger partial charge in [-0.1, -0.05) is 61.9 Å². The maximum Gasteiger partial charge on any atom is 0.223 e. The molecule has 1 aliphatic rings. The molecule has 1 aliphatic heterocycles. The largest absolute Gasteiger partial charge is 0.334 e. The fourth-order valence-corrected chi connectivity index (χ4v) is 3.12. The molecule has 0 fully saturated rings. The monoisotopic (exact) mass is 308 g/mol. The maximum absolute atomic E-state index is 12.2. The Labute approximate surface area is 138 Å². The average molecular weight is 308 g/mol. The summed E-state index contributed by atoms with van der Waals surface area (Å²) in [5.74, 6) is 0.261. The summed E-state index contributed by atoms with van der Waals surface area (Å²) >= 11 is 0. The number of hydrogen-bond donors (Lipinski definition) is 1. The molecular weight excluding hydrogens is 284 g/mol. The van der Waals surface area contributed by atoms with Crippen molar-refractivity contribution in [2.24, 2.45) is 5.73 Å². The number of benzene rings is 2. The minimum atomic E-state index is -0.119. The van der Waals surface area contributed by atoms with Crippen LogP contribution in [-0.4, -0.2) is 10.8 Å². The Bertz CT molecular complexity index is 681. The molecular formula is C20H24N2O. The van der Waals surface area contributed by atoms with E-state index in [9.17, 15) is 4.79 Å². The second-order valence-corrected chi connectivity index (χ2v) is 6.27. The van der Waals surface area contributed by atoms with Gasteiger partial charge in [-0.05, 0) is 28.7 Å². The number of amides is 1. The summed E-state index contributed by atoms with van der Waals surface area (Å²) in [5, 5.41) is 0. The van der Waals surface area contributed by atoms with Crippen LogP contribution >= 0.6 is 0 Å². The predicted octanol–water partition coefficient (Wildman–Crippen LogP) is 3.77. The molecule has 23 heavy (non-hydrogen) atoms. The highest BCUT2D eigenvalue weighted by atomic mass is 16.2. The number of nitrogens with zero attached hydrogens (tertiary/aromatic N) is 1. The molecule has 0 spiro atoms. The van der Waals surface area contributed by atoms with Gasteiger partial charge in [0.1, 0.15) is 0 Å². The first-order valence-corrected chi connectivity index (χ1v) is 8.39. The van der Waals surface area contributed by atoms with Gasteiger partial charge in [-0.25, -0.2) is 0 Å². The summed E-state index contributed by atoms with van der Waals surface area (Å²) in [4.78, 5) is 14.2. The smallest absolute Gasteiger partial charge is 0.223 e. The number of nitrogens with two attached hydrogens (primary N) is 1. The molecule has 0 saturated carbocycles. The highest BCUT2D eigenvalue weighted by Crippen LogP contribution is 2.28. The molecule has 2 N–H and O–H groups in total. The summed E-state index contributed by atoms with van der Waals surface area (Å²) < 4.78 is 0. The van der Waals surface area contributed by atoms with Crippen LogP contribution in [0.1, 0.15) is 54.5 Å². The van der Waals surface area contributed by atoms with E-state index in [4.69, 9.17) is 5.73 Å². The SMILES string of the molecule is CCCCC(=O)N1Cc2ccc(C(N)c3ccccc3)cc2C1. The lowest BCUT2D eigenvalue weighted by Crippen LogP contribution is -2.24. The van der Waals surface area contributed by atoms with Crippen LogP contribution in [0.3, 0.4) is 0 Å². The molecule has 2 aromatic rings. The van der Waals surface area contributed by atoms with Crippen LogP contribution in [-0.2, 0) is 17.9 Å². The van der Waals surface area contributed by atoms with Crippen molar-refractivity contribution in [1.82, 2.24) is 4.90 Å². The van der Waals surface area contributed by atoms with Gasteiger partial charge in [0.2, 0.25) is 5.91 Å². The van der Waals surface area contributed by atoms with Gasteiger partial charge in [0.25, 0.3) is 0 Å². The molecule has 3 rings (SSSR count). The number of fused-ring (bicyclic) bond motifs is 1. The van der Waals surface area contributed by atoms with Crippen LogP contribution in [0.15, 0.2) is 48.5 Å². The quantitative estimate of drug-likeness (QED) is 0.914. The molecule has 1 atom stereocenters. The zero-order valence-electron chi connectivity index (χ0n) is 13.7. The number of carbonyl (C=O) groups excluding carboxylic acids is 1. The highest BCUT2D eigenvalue weighted by molar-refractivity contribution is 5.77. The minimum Gasteiger partial charge on any atom is -0.334 e. The van der Waals surface area contributed by atoms with Crippen LogP contribution in [0.5, 0.6) is 0 Å². The second-order valence-electron chi connectivity index (χ2n) is 6.27. The molecule has 1 heterocycles. The molecule has 0 bridgehead atoms. The van der Waals surface area contributed by atoms with Crippen molar-refractivity contribution in [2.75, 3.05) is 0 Å². The van der Waals surface area contributed by atoms with Crippen molar-refractivity contribution < 1.29 is 4.79 Å². The minimum absolute atomic E-state index is 0.119. The first-order valence-electron chi connectivity index (χ1n) is 8.39. The normalized spacial score (nSPS) is 14.6. The van der Waals surface area contributed by atoms with Crippen molar-refractivity contribution in [1.29, 1.82) is 0 Å². The summed E-state index contributed by atoms with van der Waals surface area (Å²) in [5.41, 5.74) is 11.1. The van der Waals surface area contributed by atoms with E-state index >= 15 is 0 Å². The third-order valence-corrected chi connectivity index (χ3v) is 4.57. The van der Waals surface area contributed by atoms with E-state index in [1.54, 1.807) is 0 Å². The van der Waals surface area contributed by atoms with Gasteiger partial charge < -0.3 is 10.6 Å². The Morgan fingerprint density at radius 1 is 1.09 bits per heavy atom. The van der Waals surface area contributed by atoms with E-state index in [-0.39, 0.29) is 11.9 Å². The Morgan fingerprint density at radius 3 is 2.57 bits per heavy atom. The molecule has 120 valence electrons. The van der Waals surface area contributed by atoms with E-state index < -0.39 is 0 Å². The molecule has 1 unspecified atom stereocenters. The number of hydrogen-bond acceptors (Lipinski definition) is 2. The van der Waals surface area contributed by atoms with Crippen molar-refractivity contribution in [3.05, 3.63) is 70.8 Å². The molecule has 1 amide bonds. The zero-order valence-corrected chi connectivity index (χ0v) is 13.7. The maximum atomic E-state index is 12.2. The first-order chi connectivity index (χ1) is 11.2. The lowest BCUT2D eigenvalue weighted by Gasteiger charge is -2.15. The summed E-state index contributed by atoms with van der Waals surface area (Å²) in [6, 6.07) is 16.4. The fourth-order valence-electron chi connectivity index (χ4n) is 3.12.